The Morgan fingerprint density at radius 1 is 1.32 bits per heavy atom. The lowest BCUT2D eigenvalue weighted by Crippen LogP contribution is -2.27. The molecule has 1 heterocycles. The average molecular weight is 281 g/mol. The second-order valence-corrected chi connectivity index (χ2v) is 6.24. The van der Waals surface area contributed by atoms with Crippen molar-refractivity contribution in [2.75, 3.05) is 17.1 Å². The highest BCUT2D eigenvalue weighted by molar-refractivity contribution is 7.92. The van der Waals surface area contributed by atoms with Crippen LogP contribution in [0.4, 0.5) is 11.4 Å². The third-order valence-corrected chi connectivity index (χ3v) is 4.39. The summed E-state index contributed by atoms with van der Waals surface area (Å²) >= 11 is 0. The maximum Gasteiger partial charge on any atom is 0.240 e. The molecule has 0 atom stereocenters. The molecule has 6 nitrogen and oxygen atoms in total. The summed E-state index contributed by atoms with van der Waals surface area (Å²) < 4.78 is 30.5. The summed E-state index contributed by atoms with van der Waals surface area (Å²) in [5.74, 6) is 0.380. The monoisotopic (exact) mass is 281 g/mol. The molecule has 0 spiro atoms. The first-order valence-electron chi connectivity index (χ1n) is 5.63. The standard InChI is InChI=1S/C12H15N3O3S/c1-9-7-11(14-18-9)8-19(16,17)15(2)12-5-3-10(13)4-6-12/h3-7H,8,13H2,1-2H3. The number of anilines is 2. The Labute approximate surface area is 111 Å². The fraction of sp³-hybridized carbons (Fsp3) is 0.250. The van der Waals surface area contributed by atoms with Crippen molar-refractivity contribution < 1.29 is 12.9 Å². The zero-order chi connectivity index (χ0) is 14.0. The summed E-state index contributed by atoms with van der Waals surface area (Å²) in [7, 11) is -2.00. The molecule has 0 aliphatic heterocycles. The van der Waals surface area contributed by atoms with Crippen LogP contribution in [0.5, 0.6) is 0 Å². The molecule has 0 aliphatic carbocycles. The summed E-state index contributed by atoms with van der Waals surface area (Å²) in [6.45, 7) is 1.72. The average Bonchev–Trinajstić information content (AvgIpc) is 2.74. The fourth-order valence-electron chi connectivity index (χ4n) is 1.61. The maximum atomic E-state index is 12.2. The van der Waals surface area contributed by atoms with Crippen LogP contribution in [0.2, 0.25) is 0 Å². The van der Waals surface area contributed by atoms with E-state index >= 15 is 0 Å². The van der Waals surface area contributed by atoms with E-state index in [4.69, 9.17) is 10.3 Å². The van der Waals surface area contributed by atoms with Crippen molar-refractivity contribution in [2.24, 2.45) is 0 Å². The fourth-order valence-corrected chi connectivity index (χ4v) is 2.76. The Morgan fingerprint density at radius 3 is 2.47 bits per heavy atom. The quantitative estimate of drug-likeness (QED) is 0.858. The molecule has 0 bridgehead atoms. The van der Waals surface area contributed by atoms with Gasteiger partial charge in [0.2, 0.25) is 10.0 Å². The molecule has 2 N–H and O–H groups in total. The molecular weight excluding hydrogens is 266 g/mol. The predicted molar refractivity (Wildman–Crippen MR) is 73.1 cm³/mol. The summed E-state index contributed by atoms with van der Waals surface area (Å²) in [4.78, 5) is 0. The SMILES string of the molecule is Cc1cc(CS(=O)(=O)N(C)c2ccc(N)cc2)no1. The highest BCUT2D eigenvalue weighted by Gasteiger charge is 2.20. The number of hydrogen-bond donors (Lipinski definition) is 1. The van der Waals surface area contributed by atoms with Crippen molar-refractivity contribution in [3.05, 3.63) is 41.8 Å². The number of rotatable bonds is 4. The van der Waals surface area contributed by atoms with E-state index in [0.29, 0.717) is 22.8 Å². The Morgan fingerprint density at radius 2 is 1.95 bits per heavy atom. The molecule has 0 aliphatic rings. The minimum Gasteiger partial charge on any atom is -0.399 e. The number of aromatic nitrogens is 1. The van der Waals surface area contributed by atoms with Gasteiger partial charge in [-0.05, 0) is 31.2 Å². The third kappa shape index (κ3) is 3.05. The molecule has 0 saturated heterocycles. The first kappa shape index (κ1) is 13.4. The van der Waals surface area contributed by atoms with Crippen LogP contribution < -0.4 is 10.0 Å². The normalized spacial score (nSPS) is 11.5. The zero-order valence-corrected chi connectivity index (χ0v) is 11.5. The lowest BCUT2D eigenvalue weighted by atomic mass is 10.3. The Balaban J connectivity index is 2.21. The highest BCUT2D eigenvalue weighted by Crippen LogP contribution is 2.20. The Kier molecular flexibility index (Phi) is 3.48. The number of aryl methyl sites for hydroxylation is 1. The topological polar surface area (TPSA) is 89.4 Å². The van der Waals surface area contributed by atoms with Crippen molar-refractivity contribution in [1.29, 1.82) is 0 Å². The smallest absolute Gasteiger partial charge is 0.240 e. The molecular formula is C12H15N3O3S. The van der Waals surface area contributed by atoms with Crippen LogP contribution in [0.25, 0.3) is 0 Å². The van der Waals surface area contributed by atoms with Gasteiger partial charge in [-0.25, -0.2) is 8.42 Å². The molecule has 2 rings (SSSR count). The summed E-state index contributed by atoms with van der Waals surface area (Å²) in [6, 6.07) is 8.22. The molecule has 0 amide bonds. The van der Waals surface area contributed by atoms with Gasteiger partial charge in [0, 0.05) is 18.8 Å². The van der Waals surface area contributed by atoms with Crippen molar-refractivity contribution in [3.63, 3.8) is 0 Å². The van der Waals surface area contributed by atoms with Crippen LogP contribution in [0, 0.1) is 6.92 Å². The number of sulfonamides is 1. The van der Waals surface area contributed by atoms with Crippen molar-refractivity contribution in [2.45, 2.75) is 12.7 Å². The van der Waals surface area contributed by atoms with E-state index in [1.165, 1.54) is 11.4 Å². The second-order valence-electron chi connectivity index (χ2n) is 4.24. The molecule has 1 aromatic carbocycles. The van der Waals surface area contributed by atoms with Gasteiger partial charge in [-0.3, -0.25) is 4.31 Å². The molecule has 2 aromatic rings. The molecule has 1 aromatic heterocycles. The van der Waals surface area contributed by atoms with Crippen molar-refractivity contribution in [1.82, 2.24) is 5.16 Å². The van der Waals surface area contributed by atoms with E-state index in [1.807, 2.05) is 0 Å². The molecule has 7 heteroatoms. The summed E-state index contributed by atoms with van der Waals surface area (Å²) in [6.07, 6.45) is 0. The number of benzene rings is 1. The Hall–Kier alpha value is -2.02. The first-order chi connectivity index (χ1) is 8.88. The summed E-state index contributed by atoms with van der Waals surface area (Å²) in [5.41, 5.74) is 7.10. The predicted octanol–water partition coefficient (Wildman–Crippen LogP) is 1.53. The van der Waals surface area contributed by atoms with Crippen molar-refractivity contribution in [3.8, 4) is 0 Å². The van der Waals surface area contributed by atoms with Gasteiger partial charge in [0.05, 0.1) is 5.69 Å². The molecule has 0 fully saturated rings. The van der Waals surface area contributed by atoms with Crippen LogP contribution in [0.3, 0.4) is 0 Å². The van der Waals surface area contributed by atoms with Crippen LogP contribution >= 0.6 is 0 Å². The highest BCUT2D eigenvalue weighted by atomic mass is 32.2. The van der Waals surface area contributed by atoms with E-state index in [0.717, 1.165) is 0 Å². The van der Waals surface area contributed by atoms with Gasteiger partial charge in [0.1, 0.15) is 17.2 Å². The molecule has 19 heavy (non-hydrogen) atoms. The van der Waals surface area contributed by atoms with E-state index < -0.39 is 10.0 Å². The first-order valence-corrected chi connectivity index (χ1v) is 7.24. The van der Waals surface area contributed by atoms with Gasteiger partial charge >= 0.3 is 0 Å². The number of nitrogen functional groups attached to an aromatic ring is 1. The number of nitrogens with two attached hydrogens (primary N) is 1. The molecule has 0 unspecified atom stereocenters. The molecule has 0 saturated carbocycles. The molecule has 0 radical (unpaired) electrons. The van der Waals surface area contributed by atoms with Crippen LogP contribution in [-0.4, -0.2) is 20.6 Å². The largest absolute Gasteiger partial charge is 0.399 e. The van der Waals surface area contributed by atoms with E-state index in [2.05, 4.69) is 5.16 Å². The lowest BCUT2D eigenvalue weighted by molar-refractivity contribution is 0.392. The lowest BCUT2D eigenvalue weighted by Gasteiger charge is -2.18. The van der Waals surface area contributed by atoms with E-state index in [1.54, 1.807) is 37.3 Å². The van der Waals surface area contributed by atoms with Crippen LogP contribution in [0.1, 0.15) is 11.5 Å². The summed E-state index contributed by atoms with van der Waals surface area (Å²) in [5, 5.41) is 3.69. The van der Waals surface area contributed by atoms with Crippen LogP contribution in [-0.2, 0) is 15.8 Å². The van der Waals surface area contributed by atoms with Crippen molar-refractivity contribution >= 4 is 21.4 Å². The number of nitrogens with zero attached hydrogens (tertiary/aromatic N) is 2. The third-order valence-electron chi connectivity index (χ3n) is 2.68. The minimum atomic E-state index is -3.50. The van der Waals surface area contributed by atoms with Gasteiger partial charge in [-0.15, -0.1) is 0 Å². The Bertz CT molecular complexity index is 662. The molecule has 102 valence electrons. The number of hydrogen-bond acceptors (Lipinski definition) is 5. The minimum absolute atomic E-state index is 0.203. The zero-order valence-electron chi connectivity index (χ0n) is 10.7. The van der Waals surface area contributed by atoms with Gasteiger partial charge < -0.3 is 10.3 Å². The van der Waals surface area contributed by atoms with E-state index in [-0.39, 0.29) is 5.75 Å². The van der Waals surface area contributed by atoms with Gasteiger partial charge in [0.25, 0.3) is 0 Å². The van der Waals surface area contributed by atoms with Gasteiger partial charge in [0.15, 0.2) is 0 Å². The van der Waals surface area contributed by atoms with E-state index in [9.17, 15) is 8.42 Å². The second kappa shape index (κ2) is 4.93. The maximum absolute atomic E-state index is 12.2. The van der Waals surface area contributed by atoms with Gasteiger partial charge in [-0.2, -0.15) is 0 Å². The van der Waals surface area contributed by atoms with Gasteiger partial charge in [-0.1, -0.05) is 5.16 Å². The van der Waals surface area contributed by atoms with Crippen LogP contribution in [0.15, 0.2) is 34.9 Å².